The Labute approximate surface area is 246 Å². The van der Waals surface area contributed by atoms with Crippen LogP contribution in [0.5, 0.6) is 0 Å². The molecule has 11 rings (SSSR count). The van der Waals surface area contributed by atoms with Crippen LogP contribution in [0.25, 0.3) is 32.3 Å². The predicted octanol–water partition coefficient (Wildman–Crippen LogP) is 5.65. The van der Waals surface area contributed by atoms with Crippen molar-refractivity contribution in [3.8, 4) is 0 Å². The minimum atomic E-state index is 0.670. The van der Waals surface area contributed by atoms with E-state index in [0.717, 1.165) is 67.5 Å². The molecule has 0 saturated heterocycles. The van der Waals surface area contributed by atoms with E-state index >= 15 is 0 Å². The van der Waals surface area contributed by atoms with E-state index in [0.29, 0.717) is 11.7 Å². The van der Waals surface area contributed by atoms with Gasteiger partial charge in [-0.3, -0.25) is 0 Å². The Morgan fingerprint density at radius 2 is 0.744 bits per heavy atom. The van der Waals surface area contributed by atoms with Crippen molar-refractivity contribution in [3.05, 3.63) is 143 Å². The molecule has 4 bridgehead atoms. The Kier molecular flexibility index (Phi) is 3.82. The highest BCUT2D eigenvalue weighted by Crippen LogP contribution is 2.35. The summed E-state index contributed by atoms with van der Waals surface area (Å²) in [5, 5.41) is 6.99. The first-order valence-electron chi connectivity index (χ1n) is 14.4. The highest BCUT2D eigenvalue weighted by atomic mass is 15.3. The van der Waals surface area contributed by atoms with E-state index in [4.69, 9.17) is 20.0 Å². The van der Waals surface area contributed by atoms with Gasteiger partial charge in [0.2, 0.25) is 11.7 Å². The van der Waals surface area contributed by atoms with Gasteiger partial charge < -0.3 is 0 Å². The lowest BCUT2D eigenvalue weighted by molar-refractivity contribution is -0.378. The summed E-state index contributed by atoms with van der Waals surface area (Å²) < 4.78 is 4.22. The normalized spacial score (nSPS) is 16.9. The van der Waals surface area contributed by atoms with E-state index in [1.54, 1.807) is 0 Å². The highest BCUT2D eigenvalue weighted by Gasteiger charge is 2.48. The summed E-state index contributed by atoms with van der Waals surface area (Å²) in [6, 6.07) is 38.7. The van der Waals surface area contributed by atoms with E-state index in [1.807, 2.05) is 0 Å². The van der Waals surface area contributed by atoms with Gasteiger partial charge in [0.15, 0.2) is 0 Å². The fourth-order valence-corrected chi connectivity index (χ4v) is 7.03. The van der Waals surface area contributed by atoms with Gasteiger partial charge in [0, 0.05) is 0 Å². The second-order valence-electron chi connectivity index (χ2n) is 11.5. The molecule has 5 aliphatic rings. The summed E-state index contributed by atoms with van der Waals surface area (Å²) >= 11 is 0. The number of fused-ring (bicyclic) bond motifs is 13. The maximum atomic E-state index is 5.36. The maximum absolute atomic E-state index is 5.36. The molecular formula is C36H18BN6+2. The predicted molar refractivity (Wildman–Crippen MR) is 172 cm³/mol. The third-order valence-electron chi connectivity index (χ3n) is 9.09. The molecule has 0 amide bonds. The van der Waals surface area contributed by atoms with E-state index in [1.165, 1.54) is 21.5 Å². The number of rotatable bonds is 0. The summed E-state index contributed by atoms with van der Waals surface area (Å²) in [6.45, 7) is 0. The number of hydrogen-bond acceptors (Lipinski definition) is 4. The molecule has 6 nitrogen and oxygen atoms in total. The van der Waals surface area contributed by atoms with Crippen LogP contribution in [-0.2, 0) is 0 Å². The largest absolute Gasteiger partial charge is 0.607 e. The van der Waals surface area contributed by atoms with Crippen LogP contribution >= 0.6 is 0 Å². The Bertz CT molecular complexity index is 2580. The van der Waals surface area contributed by atoms with Crippen LogP contribution in [0.4, 0.5) is 0 Å². The molecule has 0 saturated carbocycles. The smallest absolute Gasteiger partial charge is 0.248 e. The average Bonchev–Trinajstić information content (AvgIpc) is 3.64. The van der Waals surface area contributed by atoms with Gasteiger partial charge in [-0.15, -0.1) is 0 Å². The molecule has 5 heterocycles. The molecule has 1 radical (unpaired) electrons. The number of benzene rings is 6. The average molecular weight is 545 g/mol. The van der Waals surface area contributed by atoms with Crippen LogP contribution in [0.15, 0.2) is 129 Å². The molecule has 193 valence electrons. The Morgan fingerprint density at radius 3 is 1.23 bits per heavy atom. The van der Waals surface area contributed by atoms with Crippen molar-refractivity contribution in [1.29, 1.82) is 0 Å². The quantitative estimate of drug-likeness (QED) is 0.222. The summed E-state index contributed by atoms with van der Waals surface area (Å²) in [4.78, 5) is 21.1. The zero-order chi connectivity index (χ0) is 27.8. The van der Waals surface area contributed by atoms with Crippen molar-refractivity contribution in [2.45, 2.75) is 0 Å². The molecule has 0 aromatic heterocycles. The van der Waals surface area contributed by atoms with Crippen molar-refractivity contribution in [2.24, 2.45) is 20.0 Å². The van der Waals surface area contributed by atoms with Crippen LogP contribution in [0.1, 0.15) is 33.4 Å². The van der Waals surface area contributed by atoms with Crippen molar-refractivity contribution >= 4 is 74.9 Å². The molecule has 0 aliphatic carbocycles. The lowest BCUT2D eigenvalue weighted by atomic mass is 10.00. The lowest BCUT2D eigenvalue weighted by Gasteiger charge is -2.09. The molecule has 6 aromatic carbocycles. The van der Waals surface area contributed by atoms with Crippen LogP contribution < -0.4 is 0 Å². The number of hydrogen-bond donors (Lipinski definition) is 0. The van der Waals surface area contributed by atoms with Gasteiger partial charge in [-0.05, 0) is 68.7 Å². The van der Waals surface area contributed by atoms with Crippen LogP contribution in [0, 0.1) is 0 Å². The SMILES string of the molecule is [B]1[N+]2=C3N=C4N=C(N=C5c6cc7ccccc7cc6C(=[N+]15)N=C2c1cc2ccccc2cc13)c1cc2ccccc2cc14. The summed E-state index contributed by atoms with van der Waals surface area (Å²) in [7, 11) is 2.11. The second kappa shape index (κ2) is 7.52. The summed E-state index contributed by atoms with van der Waals surface area (Å²) in [5.74, 6) is 4.72. The van der Waals surface area contributed by atoms with Crippen molar-refractivity contribution < 1.29 is 8.97 Å². The molecular weight excluding hydrogens is 527 g/mol. The van der Waals surface area contributed by atoms with Crippen LogP contribution in [-0.4, -0.2) is 51.5 Å². The van der Waals surface area contributed by atoms with Gasteiger partial charge in [-0.2, -0.15) is 4.99 Å². The third-order valence-corrected chi connectivity index (χ3v) is 9.09. The zero-order valence-electron chi connectivity index (χ0n) is 22.7. The Morgan fingerprint density at radius 1 is 0.372 bits per heavy atom. The number of amidine groups is 6. The monoisotopic (exact) mass is 545 g/mol. The Balaban J connectivity index is 1.29. The van der Waals surface area contributed by atoms with E-state index in [-0.39, 0.29) is 0 Å². The van der Waals surface area contributed by atoms with Crippen molar-refractivity contribution in [2.75, 3.05) is 0 Å². The molecule has 5 aliphatic heterocycles. The maximum Gasteiger partial charge on any atom is 0.607 e. The van der Waals surface area contributed by atoms with Gasteiger partial charge in [0.05, 0.1) is 33.4 Å². The number of aliphatic imine (C=N–C) groups is 4. The standard InChI is InChI=1S/C36H18BN6/c1-2-8-20-14-26-25(13-19(20)7-1)31-38-32(26)40-34-28-16-22-10-4-6-12-24(22)18-30(28)36-41-35-29-17-23-11-5-3-9-21(23)15-27(29)33(39-31)42(35)37-43(34)36/h1-18H/q+2. The topological polar surface area (TPSA) is 55.5 Å². The minimum absolute atomic E-state index is 0.670. The number of nitrogens with zero attached hydrogens (tertiary/aromatic N) is 6. The molecule has 0 unspecified atom stereocenters. The first-order valence-corrected chi connectivity index (χ1v) is 14.4. The molecule has 6 aromatic rings. The van der Waals surface area contributed by atoms with Crippen LogP contribution in [0.2, 0.25) is 0 Å². The molecule has 0 fully saturated rings. The fourth-order valence-electron chi connectivity index (χ4n) is 7.03. The molecule has 43 heavy (non-hydrogen) atoms. The van der Waals surface area contributed by atoms with E-state index in [2.05, 4.69) is 126 Å². The van der Waals surface area contributed by atoms with Gasteiger partial charge in [-0.1, -0.05) is 87.8 Å². The lowest BCUT2D eigenvalue weighted by Crippen LogP contribution is -2.42. The van der Waals surface area contributed by atoms with Gasteiger partial charge in [0.1, 0.15) is 0 Å². The van der Waals surface area contributed by atoms with Gasteiger partial charge in [-0.25, -0.2) is 8.97 Å². The first kappa shape index (κ1) is 21.9. The molecule has 0 spiro atoms. The van der Waals surface area contributed by atoms with Gasteiger partial charge in [0.25, 0.3) is 23.3 Å². The molecule has 0 atom stereocenters. The van der Waals surface area contributed by atoms with Crippen molar-refractivity contribution in [3.63, 3.8) is 0 Å². The Hall–Kier alpha value is -5.82. The summed E-state index contributed by atoms with van der Waals surface area (Å²) in [6.07, 6.45) is 0. The highest BCUT2D eigenvalue weighted by molar-refractivity contribution is 6.41. The fraction of sp³-hybridized carbons (Fsp3) is 0. The third kappa shape index (κ3) is 2.79. The van der Waals surface area contributed by atoms with Crippen LogP contribution in [0.3, 0.4) is 0 Å². The second-order valence-corrected chi connectivity index (χ2v) is 11.5. The van der Waals surface area contributed by atoms with E-state index < -0.39 is 0 Å². The minimum Gasteiger partial charge on any atom is -0.248 e. The summed E-state index contributed by atoms with van der Waals surface area (Å²) in [5.41, 5.74) is 6.21. The van der Waals surface area contributed by atoms with E-state index in [9.17, 15) is 0 Å². The zero-order valence-corrected chi connectivity index (χ0v) is 22.7. The first-order chi connectivity index (χ1) is 21.3. The van der Waals surface area contributed by atoms with Crippen molar-refractivity contribution in [1.82, 2.24) is 0 Å². The molecule has 0 N–H and O–H groups in total. The van der Waals surface area contributed by atoms with Gasteiger partial charge >= 0.3 is 7.55 Å². The molecule has 7 heteroatoms.